The Kier molecular flexibility index (Phi) is 6.92. The number of benzene rings is 2. The molecule has 134 valence electrons. The van der Waals surface area contributed by atoms with Crippen molar-refractivity contribution < 1.29 is 14.3 Å². The molecule has 0 spiro atoms. The summed E-state index contributed by atoms with van der Waals surface area (Å²) in [6, 6.07) is 16.6. The van der Waals surface area contributed by atoms with Gasteiger partial charge in [0.2, 0.25) is 0 Å². The van der Waals surface area contributed by atoms with Crippen LogP contribution in [0, 0.1) is 11.3 Å². The van der Waals surface area contributed by atoms with E-state index in [0.29, 0.717) is 30.7 Å². The Hall–Kier alpha value is -3.13. The first kappa shape index (κ1) is 19.2. The molecule has 0 fully saturated rings. The van der Waals surface area contributed by atoms with Crippen LogP contribution in [-0.2, 0) is 22.6 Å². The highest BCUT2D eigenvalue weighted by Gasteiger charge is 2.10. The van der Waals surface area contributed by atoms with Crippen molar-refractivity contribution in [2.45, 2.75) is 26.3 Å². The van der Waals surface area contributed by atoms with Crippen LogP contribution in [0.25, 0.3) is 0 Å². The quantitative estimate of drug-likeness (QED) is 0.733. The fourth-order valence-electron chi connectivity index (χ4n) is 2.37. The van der Waals surface area contributed by atoms with Gasteiger partial charge < -0.3 is 14.4 Å². The third-order valence-corrected chi connectivity index (χ3v) is 3.98. The van der Waals surface area contributed by atoms with Crippen molar-refractivity contribution in [2.75, 3.05) is 13.7 Å². The van der Waals surface area contributed by atoms with Crippen molar-refractivity contribution in [3.05, 3.63) is 65.2 Å². The van der Waals surface area contributed by atoms with Gasteiger partial charge in [-0.25, -0.2) is 0 Å². The molecule has 0 aliphatic rings. The lowest BCUT2D eigenvalue weighted by Gasteiger charge is -2.17. The molecule has 1 amide bonds. The molecule has 0 saturated heterocycles. The Labute approximate surface area is 153 Å². The number of carbonyl (C=O) groups excluding carboxylic acids is 2. The zero-order valence-electron chi connectivity index (χ0n) is 15.1. The zero-order valence-corrected chi connectivity index (χ0v) is 15.1. The minimum absolute atomic E-state index is 0.0421. The Morgan fingerprint density at radius 2 is 1.65 bits per heavy atom. The second-order valence-corrected chi connectivity index (χ2v) is 6.19. The number of aryl methyl sites for hydroxylation is 1. The first-order valence-corrected chi connectivity index (χ1v) is 8.42. The lowest BCUT2D eigenvalue weighted by atomic mass is 10.1. The maximum atomic E-state index is 12.2. The average molecular weight is 350 g/mol. The van der Waals surface area contributed by atoms with E-state index in [9.17, 15) is 9.59 Å². The predicted molar refractivity (Wildman–Crippen MR) is 98.6 cm³/mol. The monoisotopic (exact) mass is 350 g/mol. The van der Waals surface area contributed by atoms with Crippen LogP contribution in [0.5, 0.6) is 5.75 Å². The van der Waals surface area contributed by atoms with Crippen molar-refractivity contribution in [3.63, 3.8) is 0 Å². The van der Waals surface area contributed by atoms with Gasteiger partial charge in [0.25, 0.3) is 5.91 Å². The number of ketones is 1. The second-order valence-electron chi connectivity index (χ2n) is 6.19. The number of hydrogen-bond donors (Lipinski definition) is 0. The van der Waals surface area contributed by atoms with Crippen molar-refractivity contribution in [1.29, 1.82) is 5.26 Å². The number of nitrogens with zero attached hydrogens (tertiary/aromatic N) is 2. The summed E-state index contributed by atoms with van der Waals surface area (Å²) in [6.07, 6.45) is 1.24. The Balaban J connectivity index is 1.81. The molecule has 0 N–H and O–H groups in total. The summed E-state index contributed by atoms with van der Waals surface area (Å²) in [7, 11) is 1.72. The Morgan fingerprint density at radius 3 is 2.23 bits per heavy atom. The maximum absolute atomic E-state index is 12.2. The Morgan fingerprint density at radius 1 is 1.04 bits per heavy atom. The highest BCUT2D eigenvalue weighted by atomic mass is 16.5. The first-order chi connectivity index (χ1) is 12.5. The normalized spacial score (nSPS) is 10.0. The van der Waals surface area contributed by atoms with E-state index in [-0.39, 0.29) is 18.3 Å². The number of rotatable bonds is 8. The molecule has 0 heterocycles. The number of amides is 1. The van der Waals surface area contributed by atoms with Gasteiger partial charge in [0.1, 0.15) is 11.5 Å². The van der Waals surface area contributed by atoms with Gasteiger partial charge >= 0.3 is 0 Å². The molecule has 26 heavy (non-hydrogen) atoms. The molecule has 5 heteroatoms. The van der Waals surface area contributed by atoms with Crippen LogP contribution >= 0.6 is 0 Å². The number of ether oxygens (including phenoxy) is 1. The fraction of sp³-hybridized carbons (Fsp3) is 0.286. The van der Waals surface area contributed by atoms with Gasteiger partial charge in [0.05, 0.1) is 11.6 Å². The van der Waals surface area contributed by atoms with Crippen LogP contribution in [0.15, 0.2) is 48.5 Å². The minimum Gasteiger partial charge on any atom is -0.484 e. The summed E-state index contributed by atoms with van der Waals surface area (Å²) < 4.78 is 5.54. The summed E-state index contributed by atoms with van der Waals surface area (Å²) >= 11 is 0. The molecule has 2 aromatic carbocycles. The summed E-state index contributed by atoms with van der Waals surface area (Å²) in [4.78, 5) is 24.8. The molecule has 0 aliphatic heterocycles. The second kappa shape index (κ2) is 9.38. The number of likely N-dealkylation sites (N-methyl/N-ethyl adjacent to an activating group) is 1. The van der Waals surface area contributed by atoms with Crippen LogP contribution in [0.4, 0.5) is 0 Å². The summed E-state index contributed by atoms with van der Waals surface area (Å²) in [5.41, 5.74) is 2.62. The fourth-order valence-corrected chi connectivity index (χ4v) is 2.37. The van der Waals surface area contributed by atoms with Crippen molar-refractivity contribution in [1.82, 2.24) is 4.90 Å². The van der Waals surface area contributed by atoms with Crippen LogP contribution in [0.3, 0.4) is 0 Å². The van der Waals surface area contributed by atoms with Crippen LogP contribution in [-0.4, -0.2) is 30.2 Å². The molecule has 0 aromatic heterocycles. The lowest BCUT2D eigenvalue weighted by molar-refractivity contribution is -0.132. The van der Waals surface area contributed by atoms with Crippen LogP contribution in [0.2, 0.25) is 0 Å². The van der Waals surface area contributed by atoms with Crippen molar-refractivity contribution in [2.24, 2.45) is 0 Å². The van der Waals surface area contributed by atoms with Gasteiger partial charge in [0.15, 0.2) is 6.61 Å². The van der Waals surface area contributed by atoms with E-state index in [1.54, 1.807) is 31.0 Å². The first-order valence-electron chi connectivity index (χ1n) is 8.42. The molecule has 0 saturated carbocycles. The van der Waals surface area contributed by atoms with Gasteiger partial charge in [-0.05, 0) is 48.7 Å². The van der Waals surface area contributed by atoms with Gasteiger partial charge in [-0.3, -0.25) is 4.79 Å². The molecule has 0 aliphatic carbocycles. The van der Waals surface area contributed by atoms with E-state index in [4.69, 9.17) is 10.00 Å². The molecule has 5 nitrogen and oxygen atoms in total. The third-order valence-electron chi connectivity index (χ3n) is 3.98. The molecule has 2 rings (SSSR count). The van der Waals surface area contributed by atoms with E-state index in [2.05, 4.69) is 6.07 Å². The molecular weight excluding hydrogens is 328 g/mol. The summed E-state index contributed by atoms with van der Waals surface area (Å²) in [5, 5.41) is 8.80. The smallest absolute Gasteiger partial charge is 0.260 e. The molecule has 0 unspecified atom stereocenters. The van der Waals surface area contributed by atoms with Crippen LogP contribution in [0.1, 0.15) is 30.0 Å². The molecule has 0 atom stereocenters. The van der Waals surface area contributed by atoms with E-state index in [1.807, 2.05) is 36.4 Å². The SMILES string of the molecule is CC(=O)CCc1ccc(OCC(=O)N(C)Cc2ccc(C#N)cc2)cc1. The molecule has 0 radical (unpaired) electrons. The number of hydrogen-bond acceptors (Lipinski definition) is 4. The highest BCUT2D eigenvalue weighted by molar-refractivity contribution is 5.77. The third kappa shape index (κ3) is 6.06. The van der Waals surface area contributed by atoms with Crippen molar-refractivity contribution >= 4 is 11.7 Å². The van der Waals surface area contributed by atoms with E-state index < -0.39 is 0 Å². The molecule has 2 aromatic rings. The van der Waals surface area contributed by atoms with Crippen LogP contribution < -0.4 is 4.74 Å². The zero-order chi connectivity index (χ0) is 18.9. The average Bonchev–Trinajstić information content (AvgIpc) is 2.65. The molecule has 0 bridgehead atoms. The summed E-state index contributed by atoms with van der Waals surface area (Å²) in [5.74, 6) is 0.660. The van der Waals surface area contributed by atoms with E-state index in [1.165, 1.54) is 0 Å². The van der Waals surface area contributed by atoms with E-state index >= 15 is 0 Å². The highest BCUT2D eigenvalue weighted by Crippen LogP contribution is 2.14. The Bertz CT molecular complexity index is 790. The van der Waals surface area contributed by atoms with Gasteiger partial charge in [-0.2, -0.15) is 5.26 Å². The van der Waals surface area contributed by atoms with Gasteiger partial charge in [0, 0.05) is 20.0 Å². The summed E-state index contributed by atoms with van der Waals surface area (Å²) in [6.45, 7) is 1.99. The number of carbonyl (C=O) groups is 2. The largest absolute Gasteiger partial charge is 0.484 e. The number of nitriles is 1. The standard InChI is InChI=1S/C21H22N2O3/c1-16(24)3-4-17-9-11-20(12-10-17)26-15-21(25)23(2)14-19-7-5-18(13-22)6-8-19/h5-12H,3-4,14-15H2,1-2H3. The van der Waals surface area contributed by atoms with Gasteiger partial charge in [-0.1, -0.05) is 24.3 Å². The minimum atomic E-state index is -0.130. The topological polar surface area (TPSA) is 70.4 Å². The van der Waals surface area contributed by atoms with E-state index in [0.717, 1.165) is 11.1 Å². The van der Waals surface area contributed by atoms with Gasteiger partial charge in [-0.15, -0.1) is 0 Å². The number of Topliss-reactive ketones (excluding diaryl/α,β-unsaturated/α-hetero) is 1. The lowest BCUT2D eigenvalue weighted by Crippen LogP contribution is -2.30. The van der Waals surface area contributed by atoms with Crippen molar-refractivity contribution in [3.8, 4) is 11.8 Å². The predicted octanol–water partition coefficient (Wildman–Crippen LogP) is 3.12. The molecular formula is C21H22N2O3. The maximum Gasteiger partial charge on any atom is 0.260 e.